The highest BCUT2D eigenvalue weighted by molar-refractivity contribution is 7.92. The predicted octanol–water partition coefficient (Wildman–Crippen LogP) is 5.92. The van der Waals surface area contributed by atoms with E-state index in [1.54, 1.807) is 30.8 Å². The molecule has 0 unspecified atom stereocenters. The lowest BCUT2D eigenvalue weighted by Gasteiger charge is -2.14. The molecule has 7 nitrogen and oxygen atoms in total. The molecule has 0 aliphatic heterocycles. The number of para-hydroxylation sites is 1. The second-order valence-corrected chi connectivity index (χ2v) is 11.0. The number of H-pyrrole nitrogens is 1. The summed E-state index contributed by atoms with van der Waals surface area (Å²) in [6.45, 7) is 0. The van der Waals surface area contributed by atoms with Crippen molar-refractivity contribution in [3.05, 3.63) is 59.9 Å². The number of halogens is 1. The van der Waals surface area contributed by atoms with E-state index in [2.05, 4.69) is 24.6 Å². The molecule has 2 N–H and O–H groups in total. The van der Waals surface area contributed by atoms with E-state index < -0.39 is 9.73 Å². The van der Waals surface area contributed by atoms with E-state index in [4.69, 9.17) is 16.3 Å². The van der Waals surface area contributed by atoms with Gasteiger partial charge in [-0.3, -0.25) is 0 Å². The molecular weight excluding hydrogens is 446 g/mol. The Labute approximate surface area is 191 Å². The van der Waals surface area contributed by atoms with Gasteiger partial charge in [-0.05, 0) is 31.0 Å². The molecule has 2 aromatic heterocycles. The Balaban J connectivity index is 1.51. The lowest BCUT2D eigenvalue weighted by molar-refractivity contribution is 0.305. The van der Waals surface area contributed by atoms with E-state index in [-0.39, 0.29) is 6.10 Å². The molecule has 0 bridgehead atoms. The first-order chi connectivity index (χ1) is 15.4. The van der Waals surface area contributed by atoms with E-state index in [0.717, 1.165) is 29.3 Å². The maximum atomic E-state index is 12.1. The van der Waals surface area contributed by atoms with Gasteiger partial charge in [-0.25, -0.2) is 14.2 Å². The van der Waals surface area contributed by atoms with Gasteiger partial charge in [-0.1, -0.05) is 29.8 Å². The number of nitrogens with one attached hydrogen (secondary N) is 2. The van der Waals surface area contributed by atoms with Crippen LogP contribution in [-0.4, -0.2) is 37.8 Å². The first-order valence-corrected chi connectivity index (χ1v) is 12.9. The van der Waals surface area contributed by atoms with Crippen LogP contribution in [0.15, 0.2) is 59.2 Å². The molecule has 0 saturated heterocycles. The Kier molecular flexibility index (Phi) is 5.27. The summed E-state index contributed by atoms with van der Waals surface area (Å²) >= 11 is 6.45. The zero-order valence-electron chi connectivity index (χ0n) is 17.6. The molecular formula is C23H22ClN5O2S. The Hall–Kier alpha value is -3.10. The predicted molar refractivity (Wildman–Crippen MR) is 130 cm³/mol. The summed E-state index contributed by atoms with van der Waals surface area (Å²) in [5.41, 5.74) is 3.86. The molecule has 164 valence electrons. The summed E-state index contributed by atoms with van der Waals surface area (Å²) in [6.07, 6.45) is 8.91. The fraction of sp³-hybridized carbons (Fsp3) is 0.217. The highest BCUT2D eigenvalue weighted by atomic mass is 35.5. The van der Waals surface area contributed by atoms with Gasteiger partial charge in [-0.15, -0.1) is 0 Å². The van der Waals surface area contributed by atoms with Crippen molar-refractivity contribution in [3.8, 4) is 17.0 Å². The molecule has 1 aliphatic carbocycles. The van der Waals surface area contributed by atoms with E-state index in [1.165, 1.54) is 0 Å². The summed E-state index contributed by atoms with van der Waals surface area (Å²) < 4.78 is 22.4. The van der Waals surface area contributed by atoms with Gasteiger partial charge in [0.1, 0.15) is 5.75 Å². The third kappa shape index (κ3) is 4.56. The molecule has 5 rings (SSSR count). The molecule has 2 heterocycles. The highest BCUT2D eigenvalue weighted by Gasteiger charge is 2.25. The number of fused-ring (bicyclic) bond motifs is 1. The number of benzene rings is 2. The molecule has 32 heavy (non-hydrogen) atoms. The number of ether oxygens (including phenoxy) is 1. The molecule has 4 aromatic rings. The van der Waals surface area contributed by atoms with Crippen molar-refractivity contribution in [3.63, 3.8) is 0 Å². The lowest BCUT2D eigenvalue weighted by atomic mass is 10.1. The fourth-order valence-electron chi connectivity index (χ4n) is 3.39. The Morgan fingerprint density at radius 1 is 1.22 bits per heavy atom. The molecule has 1 fully saturated rings. The van der Waals surface area contributed by atoms with Crippen molar-refractivity contribution in [1.29, 1.82) is 0 Å². The number of aromatic amines is 1. The van der Waals surface area contributed by atoms with E-state index in [1.807, 2.05) is 36.5 Å². The third-order valence-corrected chi connectivity index (χ3v) is 5.87. The summed E-state index contributed by atoms with van der Waals surface area (Å²) in [5.74, 6) is 1.03. The van der Waals surface area contributed by atoms with Gasteiger partial charge in [0.25, 0.3) is 0 Å². The fourth-order valence-corrected chi connectivity index (χ4v) is 4.21. The van der Waals surface area contributed by atoms with Gasteiger partial charge < -0.3 is 15.0 Å². The molecule has 9 heteroatoms. The first-order valence-electron chi connectivity index (χ1n) is 10.2. The van der Waals surface area contributed by atoms with Crippen molar-refractivity contribution in [2.75, 3.05) is 17.8 Å². The van der Waals surface area contributed by atoms with Crippen LogP contribution >= 0.6 is 11.6 Å². The minimum Gasteiger partial charge on any atom is -0.488 e. The molecule has 0 spiro atoms. The second kappa shape index (κ2) is 8.11. The maximum Gasteiger partial charge on any atom is 0.227 e. The van der Waals surface area contributed by atoms with Crippen LogP contribution in [0, 0.1) is 0 Å². The number of rotatable bonds is 6. The number of hydrogen-bond acceptors (Lipinski definition) is 6. The van der Waals surface area contributed by atoms with E-state index >= 15 is 0 Å². The average Bonchev–Trinajstić information content (AvgIpc) is 3.46. The summed E-state index contributed by atoms with van der Waals surface area (Å²) in [5, 5.41) is 4.74. The molecule has 0 atom stereocenters. The van der Waals surface area contributed by atoms with Gasteiger partial charge >= 0.3 is 0 Å². The van der Waals surface area contributed by atoms with E-state index in [9.17, 15) is 4.21 Å². The van der Waals surface area contributed by atoms with Gasteiger partial charge in [0, 0.05) is 51.0 Å². The number of aromatic nitrogens is 3. The lowest BCUT2D eigenvalue weighted by Crippen LogP contribution is -2.03. The van der Waals surface area contributed by atoms with Crippen LogP contribution < -0.4 is 10.1 Å². The number of hydrogen-bond donors (Lipinski definition) is 2. The van der Waals surface area contributed by atoms with Gasteiger partial charge in [-0.2, -0.15) is 4.36 Å². The van der Waals surface area contributed by atoms with Crippen LogP contribution in [0.1, 0.15) is 12.8 Å². The maximum absolute atomic E-state index is 12.1. The van der Waals surface area contributed by atoms with E-state index in [0.29, 0.717) is 33.8 Å². The molecule has 0 amide bonds. The Bertz CT molecular complexity index is 1430. The smallest absolute Gasteiger partial charge is 0.227 e. The summed E-state index contributed by atoms with van der Waals surface area (Å²) in [6, 6.07) is 13.4. The van der Waals surface area contributed by atoms with Crippen LogP contribution in [0.4, 0.5) is 17.3 Å². The number of nitrogens with zero attached hydrogens (tertiary/aromatic N) is 3. The monoisotopic (exact) mass is 467 g/mol. The summed E-state index contributed by atoms with van der Waals surface area (Å²) in [4.78, 5) is 12.3. The van der Waals surface area contributed by atoms with Crippen LogP contribution in [0.25, 0.3) is 22.2 Å². The zero-order chi connectivity index (χ0) is 22.3. The van der Waals surface area contributed by atoms with Crippen molar-refractivity contribution in [2.24, 2.45) is 4.36 Å². The van der Waals surface area contributed by atoms with Gasteiger partial charge in [0.2, 0.25) is 5.95 Å². The van der Waals surface area contributed by atoms with Gasteiger partial charge in [0.05, 0.1) is 34.4 Å². The molecule has 1 saturated carbocycles. The largest absolute Gasteiger partial charge is 0.488 e. The quantitative estimate of drug-likeness (QED) is 0.367. The first kappa shape index (κ1) is 20.8. The van der Waals surface area contributed by atoms with Crippen LogP contribution in [0.3, 0.4) is 0 Å². The molecule has 0 radical (unpaired) electrons. The topological polar surface area (TPSA) is 92.3 Å². The van der Waals surface area contributed by atoms with Crippen LogP contribution in [-0.2, 0) is 9.73 Å². The second-order valence-electron chi connectivity index (χ2n) is 8.03. The SMILES string of the molecule is CS(C)(=O)=Nc1ccc(Nc2ncc(Cl)c(-c3c[nH]c4ccccc34)n2)c(OC2CC2)c1. The summed E-state index contributed by atoms with van der Waals surface area (Å²) in [7, 11) is -2.28. The van der Waals surface area contributed by atoms with Crippen molar-refractivity contribution in [2.45, 2.75) is 18.9 Å². The minimum absolute atomic E-state index is 0.186. The zero-order valence-corrected chi connectivity index (χ0v) is 19.2. The number of anilines is 2. The van der Waals surface area contributed by atoms with Crippen molar-refractivity contribution >= 4 is 49.6 Å². The molecule has 2 aromatic carbocycles. The standard InChI is InChI=1S/C23H22ClN5O2S/c1-32(2,30)29-14-7-10-20(21(11-14)31-15-8-9-15)27-23-26-13-18(24)22(28-23)17-12-25-19-6-4-3-5-16(17)19/h3-7,10-13,15,25H,8-9H2,1-2H3,(H,26,27,28). The molecule has 1 aliphatic rings. The average molecular weight is 468 g/mol. The normalized spacial score (nSPS) is 13.8. The third-order valence-electron chi connectivity index (χ3n) is 4.94. The minimum atomic E-state index is -2.28. The van der Waals surface area contributed by atoms with Crippen LogP contribution in [0.5, 0.6) is 5.75 Å². The van der Waals surface area contributed by atoms with Crippen LogP contribution in [0.2, 0.25) is 5.02 Å². The Morgan fingerprint density at radius 3 is 2.81 bits per heavy atom. The van der Waals surface area contributed by atoms with Crippen molar-refractivity contribution in [1.82, 2.24) is 15.0 Å². The Morgan fingerprint density at radius 2 is 2.03 bits per heavy atom. The van der Waals surface area contributed by atoms with Gasteiger partial charge in [0.15, 0.2) is 0 Å². The van der Waals surface area contributed by atoms with Crippen molar-refractivity contribution < 1.29 is 8.95 Å². The highest BCUT2D eigenvalue weighted by Crippen LogP contribution is 2.37.